The van der Waals surface area contributed by atoms with Crippen LogP contribution >= 0.6 is 23.2 Å². The maximum Gasteiger partial charge on any atom is 0.271 e. The quantitative estimate of drug-likeness (QED) is 0.178. The highest BCUT2D eigenvalue weighted by Gasteiger charge is 2.60. The topological polar surface area (TPSA) is 93.0 Å². The van der Waals surface area contributed by atoms with E-state index < -0.39 is 34.8 Å². The number of carbonyl (C=O) groups excluding carboxylic acids is 2. The lowest BCUT2D eigenvalue weighted by atomic mass is 9.90. The Hall–Kier alpha value is -3.98. The van der Waals surface area contributed by atoms with Crippen LogP contribution in [0.4, 0.5) is 17.1 Å². The van der Waals surface area contributed by atoms with Gasteiger partial charge in [0.15, 0.2) is 6.10 Å². The van der Waals surface area contributed by atoms with Crippen molar-refractivity contribution >= 4 is 62.9 Å². The number of non-ortho nitro benzene ring substituents is 1. The van der Waals surface area contributed by atoms with E-state index in [1.807, 2.05) is 30.3 Å². The van der Waals surface area contributed by atoms with Crippen molar-refractivity contribution in [1.82, 2.24) is 0 Å². The van der Waals surface area contributed by atoms with Crippen molar-refractivity contribution in [1.29, 1.82) is 0 Å². The van der Waals surface area contributed by atoms with E-state index >= 15 is 0 Å². The van der Waals surface area contributed by atoms with Gasteiger partial charge in [0.05, 0.1) is 22.3 Å². The SMILES string of the molecule is O=C1[C@H]2[C@@H](ON(c3cccc([N+](=O)[O-])c3)[C@H]2c2ccc(Cl)cc2Cl)C(=O)N1c1cccc2ccccc12. The van der Waals surface area contributed by atoms with Crippen LogP contribution in [0.2, 0.25) is 10.0 Å². The minimum absolute atomic E-state index is 0.158. The van der Waals surface area contributed by atoms with E-state index in [2.05, 4.69) is 0 Å². The monoisotopic (exact) mass is 533 g/mol. The molecule has 2 aliphatic rings. The average molecular weight is 534 g/mol. The lowest BCUT2D eigenvalue weighted by molar-refractivity contribution is -0.384. The molecule has 0 aliphatic carbocycles. The fourth-order valence-corrected chi connectivity index (χ4v) is 5.60. The molecule has 2 heterocycles. The van der Waals surface area contributed by atoms with Crippen molar-refractivity contribution in [3.63, 3.8) is 0 Å². The van der Waals surface area contributed by atoms with Gasteiger partial charge in [-0.15, -0.1) is 0 Å². The number of hydrogen-bond acceptors (Lipinski definition) is 6. The summed E-state index contributed by atoms with van der Waals surface area (Å²) in [5.41, 5.74) is 1.13. The largest absolute Gasteiger partial charge is 0.273 e. The first-order valence-corrected chi connectivity index (χ1v) is 12.1. The minimum Gasteiger partial charge on any atom is -0.273 e. The van der Waals surface area contributed by atoms with Gasteiger partial charge in [-0.1, -0.05) is 71.7 Å². The van der Waals surface area contributed by atoms with Gasteiger partial charge >= 0.3 is 0 Å². The molecular weight excluding hydrogens is 517 g/mol. The van der Waals surface area contributed by atoms with Crippen LogP contribution in [0, 0.1) is 16.0 Å². The molecule has 0 aromatic heterocycles. The first-order chi connectivity index (χ1) is 17.8. The van der Waals surface area contributed by atoms with Crippen molar-refractivity contribution in [3.8, 4) is 0 Å². The van der Waals surface area contributed by atoms with E-state index in [4.69, 9.17) is 28.0 Å². The van der Waals surface area contributed by atoms with Crippen molar-refractivity contribution in [2.24, 2.45) is 5.92 Å². The molecule has 3 atom stereocenters. The molecule has 2 saturated heterocycles. The second kappa shape index (κ2) is 8.85. The lowest BCUT2D eigenvalue weighted by Crippen LogP contribution is -2.37. The van der Waals surface area contributed by atoms with Crippen molar-refractivity contribution < 1.29 is 19.3 Å². The number of hydrogen-bond donors (Lipinski definition) is 0. The fraction of sp³-hybridized carbons (Fsp3) is 0.111. The second-order valence-electron chi connectivity index (χ2n) is 8.78. The van der Waals surface area contributed by atoms with Gasteiger partial charge in [0.1, 0.15) is 5.92 Å². The van der Waals surface area contributed by atoms with Gasteiger partial charge in [0.25, 0.3) is 11.6 Å². The summed E-state index contributed by atoms with van der Waals surface area (Å²) in [4.78, 5) is 45.8. The zero-order chi connectivity index (χ0) is 25.8. The summed E-state index contributed by atoms with van der Waals surface area (Å²) >= 11 is 12.7. The lowest BCUT2D eigenvalue weighted by Gasteiger charge is -2.29. The summed E-state index contributed by atoms with van der Waals surface area (Å²) in [5.74, 6) is -1.92. The highest BCUT2D eigenvalue weighted by molar-refractivity contribution is 6.35. The van der Waals surface area contributed by atoms with E-state index in [-0.39, 0.29) is 10.7 Å². The maximum atomic E-state index is 14.0. The van der Waals surface area contributed by atoms with Crippen molar-refractivity contribution in [2.75, 3.05) is 9.96 Å². The smallest absolute Gasteiger partial charge is 0.271 e. The summed E-state index contributed by atoms with van der Waals surface area (Å²) in [6.07, 6.45) is -1.15. The number of nitrogens with zero attached hydrogens (tertiary/aromatic N) is 3. The molecule has 184 valence electrons. The number of hydroxylamine groups is 1. The highest BCUT2D eigenvalue weighted by atomic mass is 35.5. The molecule has 2 amide bonds. The summed E-state index contributed by atoms with van der Waals surface area (Å²) in [6.45, 7) is 0. The third-order valence-electron chi connectivity index (χ3n) is 6.70. The van der Waals surface area contributed by atoms with Gasteiger partial charge in [-0.2, -0.15) is 0 Å². The molecule has 6 rings (SSSR count). The number of rotatable bonds is 4. The van der Waals surface area contributed by atoms with E-state index in [0.717, 1.165) is 10.8 Å². The second-order valence-corrected chi connectivity index (χ2v) is 9.62. The zero-order valence-electron chi connectivity index (χ0n) is 19.0. The van der Waals surface area contributed by atoms with Gasteiger partial charge in [0.2, 0.25) is 5.91 Å². The number of benzene rings is 4. The summed E-state index contributed by atoms with van der Waals surface area (Å²) in [6, 6.07) is 22.7. The van der Waals surface area contributed by atoms with Crippen molar-refractivity contribution in [2.45, 2.75) is 12.1 Å². The first-order valence-electron chi connectivity index (χ1n) is 11.4. The number of nitro groups is 1. The Labute approximate surface area is 220 Å². The number of amides is 2. The molecule has 4 aromatic carbocycles. The van der Waals surface area contributed by atoms with Crippen LogP contribution in [0.3, 0.4) is 0 Å². The van der Waals surface area contributed by atoms with E-state index in [0.29, 0.717) is 22.0 Å². The zero-order valence-corrected chi connectivity index (χ0v) is 20.5. The van der Waals surface area contributed by atoms with Gasteiger partial charge in [-0.05, 0) is 35.2 Å². The Morgan fingerprint density at radius 3 is 2.41 bits per heavy atom. The van der Waals surface area contributed by atoms with Crippen LogP contribution in [-0.2, 0) is 14.4 Å². The molecule has 0 unspecified atom stereocenters. The Morgan fingerprint density at radius 2 is 1.62 bits per heavy atom. The van der Waals surface area contributed by atoms with E-state index in [1.165, 1.54) is 28.2 Å². The maximum absolute atomic E-state index is 14.0. The van der Waals surface area contributed by atoms with Gasteiger partial charge < -0.3 is 0 Å². The predicted octanol–water partition coefficient (Wildman–Crippen LogP) is 6.11. The van der Waals surface area contributed by atoms with Crippen LogP contribution < -0.4 is 9.96 Å². The highest BCUT2D eigenvalue weighted by Crippen LogP contribution is 2.50. The number of imide groups is 1. The third kappa shape index (κ3) is 3.72. The van der Waals surface area contributed by atoms with Gasteiger partial charge in [0, 0.05) is 27.6 Å². The van der Waals surface area contributed by atoms with Crippen LogP contribution in [-0.4, -0.2) is 22.8 Å². The molecule has 2 fully saturated rings. The number of anilines is 2. The molecule has 0 radical (unpaired) electrons. The predicted molar refractivity (Wildman–Crippen MR) is 140 cm³/mol. The number of fused-ring (bicyclic) bond motifs is 2. The minimum atomic E-state index is -1.15. The van der Waals surface area contributed by atoms with Crippen LogP contribution in [0.15, 0.2) is 84.9 Å². The molecular formula is C27H17Cl2N3O5. The Morgan fingerprint density at radius 1 is 0.865 bits per heavy atom. The number of halogens is 2. The van der Waals surface area contributed by atoms with Gasteiger partial charge in [-0.25, -0.2) is 9.96 Å². The summed E-state index contributed by atoms with van der Waals surface area (Å²) < 4.78 is 0. The number of carbonyl (C=O) groups is 2. The third-order valence-corrected chi connectivity index (χ3v) is 7.26. The van der Waals surface area contributed by atoms with Gasteiger partial charge in [-0.3, -0.25) is 24.5 Å². The van der Waals surface area contributed by atoms with Crippen LogP contribution in [0.25, 0.3) is 10.8 Å². The molecule has 4 aromatic rings. The first kappa shape index (κ1) is 23.4. The molecule has 0 bridgehead atoms. The average Bonchev–Trinajstić information content (AvgIpc) is 3.39. The molecule has 0 saturated carbocycles. The molecule has 0 N–H and O–H groups in total. The van der Waals surface area contributed by atoms with Crippen LogP contribution in [0.5, 0.6) is 0 Å². The van der Waals surface area contributed by atoms with E-state index in [9.17, 15) is 19.7 Å². The Bertz CT molecular complexity index is 1610. The molecule has 8 nitrogen and oxygen atoms in total. The van der Waals surface area contributed by atoms with Crippen LogP contribution in [0.1, 0.15) is 11.6 Å². The molecule has 37 heavy (non-hydrogen) atoms. The standard InChI is InChI=1S/C27H17Cl2N3O5/c28-16-11-12-20(21(29)13-16)24-23-25(37-31(24)17-7-4-8-18(14-17)32(35)36)27(34)30(26(23)33)22-10-3-6-15-5-1-2-9-19(15)22/h1-14,23-25H/t23-,24+,25-/m1/s1. The Balaban J connectivity index is 1.49. The molecule has 0 spiro atoms. The normalized spacial score (nSPS) is 21.1. The molecule has 2 aliphatic heterocycles. The van der Waals surface area contributed by atoms with E-state index in [1.54, 1.807) is 36.4 Å². The Kier molecular flexibility index (Phi) is 5.60. The van der Waals surface area contributed by atoms with Crippen molar-refractivity contribution in [3.05, 3.63) is 111 Å². The summed E-state index contributed by atoms with van der Waals surface area (Å²) in [7, 11) is 0. The number of nitro benzene ring substituents is 1. The summed E-state index contributed by atoms with van der Waals surface area (Å²) in [5, 5.41) is 15.1. The fourth-order valence-electron chi connectivity index (χ4n) is 5.08. The molecule has 10 heteroatoms.